The van der Waals surface area contributed by atoms with Gasteiger partial charge in [0, 0.05) is 37.9 Å². The largest absolute Gasteiger partial charge is 0.456 e. The first-order valence-electron chi connectivity index (χ1n) is 23.7. The van der Waals surface area contributed by atoms with E-state index in [1.807, 2.05) is 12.1 Å². The van der Waals surface area contributed by atoms with Crippen molar-refractivity contribution in [3.8, 4) is 34.4 Å². The second kappa shape index (κ2) is 14.7. The van der Waals surface area contributed by atoms with Crippen molar-refractivity contribution >= 4 is 65.6 Å². The fraction of sp³-hybridized carbons (Fsp3) is 0.262. The summed E-state index contributed by atoms with van der Waals surface area (Å²) in [7, 11) is 0. The van der Waals surface area contributed by atoms with Crippen LogP contribution in [0.4, 0.5) is 0 Å². The quantitative estimate of drug-likeness (QED) is 0.177. The van der Waals surface area contributed by atoms with Gasteiger partial charge in [-0.05, 0) is 104 Å². The average Bonchev–Trinajstić information content (AvgIpc) is 3.94. The van der Waals surface area contributed by atoms with Crippen LogP contribution >= 0.6 is 0 Å². The second-order valence-corrected chi connectivity index (χ2v) is 22.7. The summed E-state index contributed by atoms with van der Waals surface area (Å²) < 4.78 is 10.8. The van der Waals surface area contributed by atoms with Crippen LogP contribution in [0, 0.1) is 0 Å². The SMILES string of the molecule is CC(C)(C)c1cc(C(C)(C)C)c2c(c1)c1ccccc1n2-c1nc(-c2cccc(-c3ccc4oc5ccccc5c4c3)c2)nc(-n2c3ccccc3c3cc(C(C)(C)C)cc(C(C)(C)C)c32)n1. The number of hydrogen-bond donors (Lipinski definition) is 0. The van der Waals surface area contributed by atoms with Crippen LogP contribution < -0.4 is 0 Å². The van der Waals surface area contributed by atoms with Gasteiger partial charge in [0.05, 0.1) is 22.1 Å². The fourth-order valence-electron chi connectivity index (χ4n) is 10.0. The third-order valence-electron chi connectivity index (χ3n) is 13.7. The Morgan fingerprint density at radius 1 is 0.358 bits per heavy atom. The lowest BCUT2D eigenvalue weighted by atomic mass is 9.79. The molecule has 0 fully saturated rings. The number of para-hydroxylation sites is 3. The topological polar surface area (TPSA) is 61.7 Å². The van der Waals surface area contributed by atoms with E-state index in [1.54, 1.807) is 0 Å². The zero-order valence-corrected chi connectivity index (χ0v) is 40.9. The second-order valence-electron chi connectivity index (χ2n) is 22.7. The van der Waals surface area contributed by atoms with Gasteiger partial charge >= 0.3 is 0 Å². The Morgan fingerprint density at radius 2 is 0.821 bits per heavy atom. The molecule has 0 saturated heterocycles. The summed E-state index contributed by atoms with van der Waals surface area (Å²) in [6.45, 7) is 27.7. The molecular weight excluding hydrogens is 819 g/mol. The van der Waals surface area contributed by atoms with Crippen LogP contribution in [-0.2, 0) is 21.7 Å². The van der Waals surface area contributed by atoms with E-state index in [0.29, 0.717) is 17.7 Å². The number of fused-ring (bicyclic) bond motifs is 9. The monoisotopic (exact) mass is 877 g/mol. The lowest BCUT2D eigenvalue weighted by molar-refractivity contribution is 0.571. The van der Waals surface area contributed by atoms with Gasteiger partial charge in [0.2, 0.25) is 11.9 Å². The highest BCUT2D eigenvalue weighted by molar-refractivity contribution is 6.12. The first-order valence-corrected chi connectivity index (χ1v) is 23.7. The van der Waals surface area contributed by atoms with E-state index in [1.165, 1.54) is 43.8 Å². The minimum absolute atomic E-state index is 0.0562. The van der Waals surface area contributed by atoms with Gasteiger partial charge in [0.15, 0.2) is 5.82 Å². The summed E-state index contributed by atoms with van der Waals surface area (Å²) in [6.07, 6.45) is 0. The predicted octanol–water partition coefficient (Wildman–Crippen LogP) is 16.5. The highest BCUT2D eigenvalue weighted by atomic mass is 16.3. The third-order valence-corrected chi connectivity index (χ3v) is 13.7. The number of aromatic nitrogens is 5. The molecule has 0 aliphatic heterocycles. The molecular formula is C61H59N5O. The van der Waals surface area contributed by atoms with Crippen LogP contribution in [0.5, 0.6) is 0 Å². The van der Waals surface area contributed by atoms with Crippen molar-refractivity contribution in [3.63, 3.8) is 0 Å². The highest BCUT2D eigenvalue weighted by Gasteiger charge is 2.30. The molecule has 0 aliphatic rings. The van der Waals surface area contributed by atoms with Crippen LogP contribution in [-0.4, -0.2) is 24.1 Å². The van der Waals surface area contributed by atoms with Gasteiger partial charge in [-0.2, -0.15) is 15.0 Å². The van der Waals surface area contributed by atoms with E-state index in [0.717, 1.165) is 60.7 Å². The molecule has 6 nitrogen and oxygen atoms in total. The minimum atomic E-state index is -0.195. The van der Waals surface area contributed by atoms with Crippen LogP contribution in [0.15, 0.2) is 144 Å². The Kier molecular flexibility index (Phi) is 9.36. The Balaban J connectivity index is 1.25. The van der Waals surface area contributed by atoms with Crippen LogP contribution in [0.1, 0.15) is 105 Å². The molecule has 4 heterocycles. The Hall–Kier alpha value is -7.05. The van der Waals surface area contributed by atoms with Gasteiger partial charge in [0.1, 0.15) is 11.2 Å². The number of benzene rings is 7. The lowest BCUT2D eigenvalue weighted by Gasteiger charge is -2.27. The van der Waals surface area contributed by atoms with Gasteiger partial charge in [-0.15, -0.1) is 0 Å². The van der Waals surface area contributed by atoms with Crippen molar-refractivity contribution < 1.29 is 4.42 Å². The van der Waals surface area contributed by atoms with Gasteiger partial charge in [-0.3, -0.25) is 9.13 Å². The standard InChI is InChI=1S/C61H59N5O/c1-58(2,3)39-32-45-41-22-13-16-25-49(41)65(53(45)47(34-39)60(7,8)9)56-62-55(38-21-19-20-36(30-38)37-28-29-52-44(31-37)43-24-15-18-27-51(43)67-52)63-57(64-56)66-50-26-17-14-23-42(50)46-33-40(59(4,5)6)35-48(54(46)66)61(10,11)12/h13-35H,1-12H3. The molecule has 67 heavy (non-hydrogen) atoms. The van der Waals surface area contributed by atoms with Gasteiger partial charge in [0.25, 0.3) is 0 Å². The summed E-state index contributed by atoms with van der Waals surface area (Å²) in [5, 5.41) is 6.93. The summed E-state index contributed by atoms with van der Waals surface area (Å²) in [5.41, 5.74) is 13.8. The molecule has 0 saturated carbocycles. The highest BCUT2D eigenvalue weighted by Crippen LogP contribution is 2.44. The first kappa shape index (κ1) is 42.6. The lowest BCUT2D eigenvalue weighted by Crippen LogP contribution is -2.19. The molecule has 0 radical (unpaired) electrons. The summed E-state index contributed by atoms with van der Waals surface area (Å²) in [5.74, 6) is 1.75. The average molecular weight is 878 g/mol. The van der Waals surface area contributed by atoms with E-state index >= 15 is 0 Å². The van der Waals surface area contributed by atoms with Crippen LogP contribution in [0.3, 0.4) is 0 Å². The summed E-state index contributed by atoms with van der Waals surface area (Å²) in [6, 6.07) is 50.4. The molecule has 7 aromatic carbocycles. The van der Waals surface area contributed by atoms with Crippen molar-refractivity contribution in [2.75, 3.05) is 0 Å². The zero-order chi connectivity index (χ0) is 46.9. The van der Waals surface area contributed by atoms with E-state index < -0.39 is 0 Å². The van der Waals surface area contributed by atoms with E-state index in [-0.39, 0.29) is 21.7 Å². The van der Waals surface area contributed by atoms with Crippen molar-refractivity contribution in [1.82, 2.24) is 24.1 Å². The van der Waals surface area contributed by atoms with Crippen molar-refractivity contribution in [3.05, 3.63) is 162 Å². The van der Waals surface area contributed by atoms with Crippen LogP contribution in [0.25, 0.3) is 100.0 Å². The minimum Gasteiger partial charge on any atom is -0.456 e. The molecule has 0 unspecified atom stereocenters. The van der Waals surface area contributed by atoms with Gasteiger partial charge in [-0.25, -0.2) is 0 Å². The van der Waals surface area contributed by atoms with Gasteiger partial charge in [-0.1, -0.05) is 174 Å². The van der Waals surface area contributed by atoms with Crippen molar-refractivity contribution in [1.29, 1.82) is 0 Å². The Labute approximate surface area is 393 Å². The normalized spacial score (nSPS) is 13.1. The Morgan fingerprint density at radius 3 is 1.34 bits per heavy atom. The molecule has 0 spiro atoms. The number of nitrogens with zero attached hydrogens (tertiary/aromatic N) is 5. The molecule has 0 aliphatic carbocycles. The number of furan rings is 1. The number of rotatable bonds is 4. The maximum Gasteiger partial charge on any atom is 0.240 e. The van der Waals surface area contributed by atoms with E-state index in [2.05, 4.69) is 220 Å². The predicted molar refractivity (Wildman–Crippen MR) is 281 cm³/mol. The summed E-state index contributed by atoms with van der Waals surface area (Å²) >= 11 is 0. The molecule has 334 valence electrons. The van der Waals surface area contributed by atoms with E-state index in [9.17, 15) is 0 Å². The van der Waals surface area contributed by atoms with Gasteiger partial charge < -0.3 is 4.42 Å². The molecule has 0 bridgehead atoms. The molecule has 0 amide bonds. The fourth-order valence-corrected chi connectivity index (χ4v) is 10.0. The molecule has 11 aromatic rings. The maximum absolute atomic E-state index is 6.23. The third kappa shape index (κ3) is 7.03. The smallest absolute Gasteiger partial charge is 0.240 e. The number of hydrogen-bond acceptors (Lipinski definition) is 4. The van der Waals surface area contributed by atoms with Crippen molar-refractivity contribution in [2.24, 2.45) is 0 Å². The van der Waals surface area contributed by atoms with Crippen LogP contribution in [0.2, 0.25) is 0 Å². The molecule has 4 aromatic heterocycles. The zero-order valence-electron chi connectivity index (χ0n) is 40.9. The summed E-state index contributed by atoms with van der Waals surface area (Å²) in [4.78, 5) is 16.8. The van der Waals surface area contributed by atoms with Crippen molar-refractivity contribution in [2.45, 2.75) is 105 Å². The first-order chi connectivity index (χ1) is 31.7. The maximum atomic E-state index is 6.23. The molecule has 11 rings (SSSR count). The molecule has 0 atom stereocenters. The molecule has 6 heteroatoms. The Bertz CT molecular complexity index is 3620. The molecule has 0 N–H and O–H groups in total. The van der Waals surface area contributed by atoms with E-state index in [4.69, 9.17) is 19.4 Å².